The van der Waals surface area contributed by atoms with Crippen molar-refractivity contribution in [3.8, 4) is 0 Å². The van der Waals surface area contributed by atoms with Crippen molar-refractivity contribution in [1.82, 2.24) is 10.6 Å². The molecule has 0 aliphatic rings. The molecule has 0 aromatic carbocycles. The van der Waals surface area contributed by atoms with Crippen LogP contribution in [-0.2, 0) is 16.0 Å². The number of ether oxygens (including phenoxy) is 2. The van der Waals surface area contributed by atoms with E-state index >= 15 is 0 Å². The van der Waals surface area contributed by atoms with Crippen LogP contribution in [0.2, 0.25) is 0 Å². The van der Waals surface area contributed by atoms with Crippen LogP contribution in [0.3, 0.4) is 0 Å². The predicted molar refractivity (Wildman–Crippen MR) is 84.4 cm³/mol. The minimum absolute atomic E-state index is 0.651. The Morgan fingerprint density at radius 2 is 2.20 bits per heavy atom. The Labute approximate surface area is 125 Å². The summed E-state index contributed by atoms with van der Waals surface area (Å²) in [7, 11) is 1.68. The zero-order chi connectivity index (χ0) is 14.5. The van der Waals surface area contributed by atoms with Gasteiger partial charge in [-0.1, -0.05) is 6.07 Å². The highest BCUT2D eigenvalue weighted by Gasteiger charge is 1.98. The molecule has 0 saturated carbocycles. The number of methoxy groups -OCH3 is 1. The number of guanidine groups is 1. The van der Waals surface area contributed by atoms with Crippen LogP contribution in [0.25, 0.3) is 0 Å². The molecule has 0 amide bonds. The zero-order valence-electron chi connectivity index (χ0n) is 12.4. The summed E-state index contributed by atoms with van der Waals surface area (Å²) >= 11 is 1.73. The van der Waals surface area contributed by atoms with E-state index in [4.69, 9.17) is 9.47 Å². The van der Waals surface area contributed by atoms with Gasteiger partial charge in [0.15, 0.2) is 5.96 Å². The Morgan fingerprint density at radius 1 is 1.30 bits per heavy atom. The van der Waals surface area contributed by atoms with E-state index in [1.807, 2.05) is 6.07 Å². The fourth-order valence-corrected chi connectivity index (χ4v) is 2.15. The van der Waals surface area contributed by atoms with Crippen molar-refractivity contribution in [2.75, 3.05) is 40.0 Å². The summed E-state index contributed by atoms with van der Waals surface area (Å²) < 4.78 is 10.3. The topological polar surface area (TPSA) is 54.9 Å². The van der Waals surface area contributed by atoms with Gasteiger partial charge in [0.2, 0.25) is 0 Å². The lowest BCUT2D eigenvalue weighted by Crippen LogP contribution is -2.38. The molecule has 1 aromatic rings. The van der Waals surface area contributed by atoms with E-state index in [1.54, 1.807) is 18.4 Å². The maximum atomic E-state index is 5.41. The highest BCUT2D eigenvalue weighted by atomic mass is 32.1. The van der Waals surface area contributed by atoms with Crippen LogP contribution < -0.4 is 10.6 Å². The number of thiophene rings is 1. The monoisotopic (exact) mass is 299 g/mol. The Bertz CT molecular complexity index is 355. The quantitative estimate of drug-likeness (QED) is 0.393. The lowest BCUT2D eigenvalue weighted by molar-refractivity contribution is 0.0698. The second-order valence-electron chi connectivity index (χ2n) is 4.16. The molecular formula is C14H25N3O2S. The fraction of sp³-hybridized carbons (Fsp3) is 0.643. The van der Waals surface area contributed by atoms with Gasteiger partial charge in [0, 0.05) is 31.7 Å². The van der Waals surface area contributed by atoms with Crippen LogP contribution in [0, 0.1) is 0 Å². The minimum Gasteiger partial charge on any atom is -0.382 e. The minimum atomic E-state index is 0.651. The van der Waals surface area contributed by atoms with E-state index in [1.165, 1.54) is 4.88 Å². The van der Waals surface area contributed by atoms with E-state index in [0.29, 0.717) is 13.2 Å². The number of hydrogen-bond donors (Lipinski definition) is 2. The van der Waals surface area contributed by atoms with E-state index in [9.17, 15) is 0 Å². The van der Waals surface area contributed by atoms with Gasteiger partial charge in [-0.25, -0.2) is 4.99 Å². The van der Waals surface area contributed by atoms with Crippen LogP contribution in [0.4, 0.5) is 0 Å². The predicted octanol–water partition coefficient (Wildman–Crippen LogP) is 1.86. The van der Waals surface area contributed by atoms with Crippen LogP contribution in [-0.4, -0.2) is 46.0 Å². The summed E-state index contributed by atoms with van der Waals surface area (Å²) in [6.07, 6.45) is 0.952. The number of aliphatic imine (C=N–C) groups is 1. The van der Waals surface area contributed by atoms with Crippen LogP contribution >= 0.6 is 11.3 Å². The van der Waals surface area contributed by atoms with Crippen molar-refractivity contribution in [1.29, 1.82) is 0 Å². The van der Waals surface area contributed by atoms with Crippen molar-refractivity contribution in [2.45, 2.75) is 19.9 Å². The average molecular weight is 299 g/mol. The Morgan fingerprint density at radius 3 is 2.90 bits per heavy atom. The molecule has 0 aliphatic heterocycles. The molecule has 0 unspecified atom stereocenters. The van der Waals surface area contributed by atoms with Crippen molar-refractivity contribution in [3.05, 3.63) is 22.4 Å². The molecule has 114 valence electrons. The summed E-state index contributed by atoms with van der Waals surface area (Å²) in [4.78, 5) is 5.82. The van der Waals surface area contributed by atoms with Crippen LogP contribution in [0.5, 0.6) is 0 Å². The summed E-state index contributed by atoms with van der Waals surface area (Å²) in [6, 6.07) is 4.15. The molecule has 1 rings (SSSR count). The third-order valence-electron chi connectivity index (χ3n) is 2.51. The van der Waals surface area contributed by atoms with Gasteiger partial charge in [-0.3, -0.25) is 0 Å². The maximum Gasteiger partial charge on any atom is 0.191 e. The molecule has 0 fully saturated rings. The zero-order valence-corrected chi connectivity index (χ0v) is 13.2. The molecule has 5 nitrogen and oxygen atoms in total. The van der Waals surface area contributed by atoms with Crippen LogP contribution in [0.1, 0.15) is 18.2 Å². The third kappa shape index (κ3) is 8.14. The standard InChI is InChI=1S/C14H25N3O2S/c1-3-15-14(17-12-13-6-4-11-20-13)16-7-5-8-19-10-9-18-2/h4,6,11H,3,5,7-10,12H2,1-2H3,(H2,15,16,17). The number of hydrogen-bond acceptors (Lipinski definition) is 4. The van der Waals surface area contributed by atoms with E-state index in [0.717, 1.165) is 38.6 Å². The maximum absolute atomic E-state index is 5.41. The van der Waals surface area contributed by atoms with Gasteiger partial charge in [0.1, 0.15) is 0 Å². The molecule has 20 heavy (non-hydrogen) atoms. The van der Waals surface area contributed by atoms with Gasteiger partial charge < -0.3 is 20.1 Å². The summed E-state index contributed by atoms with van der Waals surface area (Å²) in [6.45, 7) is 6.54. The molecule has 1 aromatic heterocycles. The van der Waals surface area contributed by atoms with Crippen LogP contribution in [0.15, 0.2) is 22.5 Å². The van der Waals surface area contributed by atoms with E-state index < -0.39 is 0 Å². The lowest BCUT2D eigenvalue weighted by Gasteiger charge is -2.11. The first kappa shape index (κ1) is 16.9. The van der Waals surface area contributed by atoms with Crippen molar-refractivity contribution in [3.63, 3.8) is 0 Å². The average Bonchev–Trinajstić information content (AvgIpc) is 2.97. The third-order valence-corrected chi connectivity index (χ3v) is 3.37. The van der Waals surface area contributed by atoms with Crippen molar-refractivity contribution in [2.24, 2.45) is 4.99 Å². The summed E-state index contributed by atoms with van der Waals surface area (Å²) in [5, 5.41) is 8.62. The molecule has 0 atom stereocenters. The highest BCUT2D eigenvalue weighted by Crippen LogP contribution is 2.09. The Kier molecular flexibility index (Phi) is 9.91. The lowest BCUT2D eigenvalue weighted by atomic mass is 10.4. The first-order chi connectivity index (χ1) is 9.86. The Hall–Kier alpha value is -1.11. The molecule has 0 bridgehead atoms. The largest absolute Gasteiger partial charge is 0.382 e. The molecule has 0 spiro atoms. The first-order valence-corrected chi connectivity index (χ1v) is 7.86. The number of rotatable bonds is 10. The second-order valence-corrected chi connectivity index (χ2v) is 5.19. The second kappa shape index (κ2) is 11.7. The smallest absolute Gasteiger partial charge is 0.191 e. The summed E-state index contributed by atoms with van der Waals surface area (Å²) in [5.41, 5.74) is 0. The Balaban J connectivity index is 2.16. The molecule has 1 heterocycles. The van der Waals surface area contributed by atoms with Gasteiger partial charge in [-0.2, -0.15) is 0 Å². The molecule has 0 saturated heterocycles. The normalized spacial score (nSPS) is 11.6. The fourth-order valence-electron chi connectivity index (χ4n) is 1.53. The van der Waals surface area contributed by atoms with Crippen molar-refractivity contribution >= 4 is 17.3 Å². The van der Waals surface area contributed by atoms with E-state index in [-0.39, 0.29) is 0 Å². The molecule has 2 N–H and O–H groups in total. The van der Waals surface area contributed by atoms with E-state index in [2.05, 4.69) is 34.0 Å². The molecule has 0 aliphatic carbocycles. The molecular weight excluding hydrogens is 274 g/mol. The SMILES string of the molecule is CCNC(=NCc1cccs1)NCCCOCCOC. The van der Waals surface area contributed by atoms with Gasteiger partial charge >= 0.3 is 0 Å². The summed E-state index contributed by atoms with van der Waals surface area (Å²) in [5.74, 6) is 0.859. The van der Waals surface area contributed by atoms with Gasteiger partial charge in [0.05, 0.1) is 19.8 Å². The number of nitrogens with one attached hydrogen (secondary N) is 2. The van der Waals surface area contributed by atoms with Gasteiger partial charge in [-0.05, 0) is 24.8 Å². The number of nitrogens with zero attached hydrogens (tertiary/aromatic N) is 1. The molecule has 6 heteroatoms. The van der Waals surface area contributed by atoms with Crippen molar-refractivity contribution < 1.29 is 9.47 Å². The first-order valence-electron chi connectivity index (χ1n) is 6.98. The molecule has 0 radical (unpaired) electrons. The highest BCUT2D eigenvalue weighted by molar-refractivity contribution is 7.09. The van der Waals surface area contributed by atoms with Gasteiger partial charge in [-0.15, -0.1) is 11.3 Å². The van der Waals surface area contributed by atoms with Gasteiger partial charge in [0.25, 0.3) is 0 Å².